The van der Waals surface area contributed by atoms with Crippen molar-refractivity contribution in [3.05, 3.63) is 75.9 Å². The van der Waals surface area contributed by atoms with Crippen LogP contribution in [0.25, 0.3) is 10.9 Å². The van der Waals surface area contributed by atoms with E-state index in [4.69, 9.17) is 0 Å². The molecule has 1 aromatic heterocycles. The maximum absolute atomic E-state index is 10.5. The van der Waals surface area contributed by atoms with Crippen LogP contribution in [0.15, 0.2) is 59.2 Å². The van der Waals surface area contributed by atoms with Crippen molar-refractivity contribution in [3.8, 4) is 0 Å². The molecule has 0 saturated carbocycles. The molecule has 2 aromatic carbocycles. The summed E-state index contributed by atoms with van der Waals surface area (Å²) in [7, 11) is 0. The quantitative estimate of drug-likeness (QED) is 0.757. The number of hydrogen-bond donors (Lipinski definition) is 1. The molecule has 1 heterocycles. The van der Waals surface area contributed by atoms with Gasteiger partial charge < -0.3 is 5.11 Å². The summed E-state index contributed by atoms with van der Waals surface area (Å²) in [6, 6.07) is 15.7. The second-order valence-corrected chi connectivity index (χ2v) is 5.72. The van der Waals surface area contributed by atoms with Crippen LogP contribution in [0.4, 0.5) is 0 Å². The van der Waals surface area contributed by atoms with Gasteiger partial charge in [-0.1, -0.05) is 40.2 Å². The number of fused-ring (bicyclic) bond motifs is 1. The van der Waals surface area contributed by atoms with Crippen molar-refractivity contribution in [2.75, 3.05) is 0 Å². The second-order valence-electron chi connectivity index (χ2n) is 4.87. The van der Waals surface area contributed by atoms with Gasteiger partial charge in [0.25, 0.3) is 0 Å². The van der Waals surface area contributed by atoms with E-state index < -0.39 is 6.10 Å². The van der Waals surface area contributed by atoms with Gasteiger partial charge in [0.1, 0.15) is 6.10 Å². The molecule has 0 bridgehead atoms. The topological polar surface area (TPSA) is 33.1 Å². The fourth-order valence-electron chi connectivity index (χ4n) is 2.29. The molecule has 1 atom stereocenters. The Hall–Kier alpha value is -1.71. The summed E-state index contributed by atoms with van der Waals surface area (Å²) in [4.78, 5) is 4.29. The van der Waals surface area contributed by atoms with Crippen molar-refractivity contribution in [2.45, 2.75) is 13.0 Å². The lowest BCUT2D eigenvalue weighted by Gasteiger charge is -2.13. The van der Waals surface area contributed by atoms with Crippen LogP contribution in [0, 0.1) is 6.92 Å². The van der Waals surface area contributed by atoms with E-state index in [9.17, 15) is 5.11 Å². The minimum absolute atomic E-state index is 0.619. The number of benzene rings is 2. The van der Waals surface area contributed by atoms with Crippen molar-refractivity contribution >= 4 is 26.8 Å². The van der Waals surface area contributed by atoms with Gasteiger partial charge in [-0.3, -0.25) is 4.98 Å². The summed E-state index contributed by atoms with van der Waals surface area (Å²) in [5.74, 6) is 0. The molecule has 0 radical (unpaired) electrons. The third-order valence-corrected chi connectivity index (χ3v) is 4.33. The van der Waals surface area contributed by atoms with Gasteiger partial charge in [0.15, 0.2) is 0 Å². The van der Waals surface area contributed by atoms with Gasteiger partial charge in [-0.15, -0.1) is 0 Å². The summed E-state index contributed by atoms with van der Waals surface area (Å²) in [6.07, 6.45) is 1.16. The molecule has 3 rings (SSSR count). The summed E-state index contributed by atoms with van der Waals surface area (Å²) >= 11 is 3.48. The molecule has 0 fully saturated rings. The van der Waals surface area contributed by atoms with Gasteiger partial charge in [-0.25, -0.2) is 0 Å². The van der Waals surface area contributed by atoms with Crippen LogP contribution >= 0.6 is 15.9 Å². The number of aliphatic hydroxyl groups is 1. The Morgan fingerprint density at radius 2 is 1.80 bits per heavy atom. The number of aliphatic hydroxyl groups excluding tert-OH is 1. The first kappa shape index (κ1) is 13.3. The summed E-state index contributed by atoms with van der Waals surface area (Å²) < 4.78 is 1.05. The van der Waals surface area contributed by atoms with Gasteiger partial charge in [-0.05, 0) is 47.9 Å². The van der Waals surface area contributed by atoms with Crippen LogP contribution < -0.4 is 0 Å². The zero-order valence-electron chi connectivity index (χ0n) is 11.0. The fourth-order valence-corrected chi connectivity index (χ4v) is 2.54. The third-order valence-electron chi connectivity index (χ3n) is 3.44. The Morgan fingerprint density at radius 1 is 1.05 bits per heavy atom. The van der Waals surface area contributed by atoms with E-state index in [0.717, 1.165) is 32.1 Å². The predicted molar refractivity (Wildman–Crippen MR) is 84.7 cm³/mol. The van der Waals surface area contributed by atoms with Crippen LogP contribution in [0.2, 0.25) is 0 Å². The second kappa shape index (κ2) is 5.35. The maximum atomic E-state index is 10.5. The number of nitrogens with zero attached hydrogens (tertiary/aromatic N) is 1. The van der Waals surface area contributed by atoms with Crippen molar-refractivity contribution in [3.63, 3.8) is 0 Å². The first-order valence-corrected chi connectivity index (χ1v) is 7.23. The van der Waals surface area contributed by atoms with Crippen molar-refractivity contribution in [2.24, 2.45) is 0 Å². The van der Waals surface area contributed by atoms with Gasteiger partial charge in [0.05, 0.1) is 5.52 Å². The fraction of sp³-hybridized carbons (Fsp3) is 0.118. The molecule has 20 heavy (non-hydrogen) atoms. The summed E-state index contributed by atoms with van der Waals surface area (Å²) in [5.41, 5.74) is 3.83. The Morgan fingerprint density at radius 3 is 2.60 bits per heavy atom. The first-order chi connectivity index (χ1) is 9.65. The van der Waals surface area contributed by atoms with E-state index in [2.05, 4.69) is 20.9 Å². The molecule has 0 aliphatic rings. The van der Waals surface area contributed by atoms with Gasteiger partial charge in [-0.2, -0.15) is 0 Å². The maximum Gasteiger partial charge on any atom is 0.104 e. The summed E-state index contributed by atoms with van der Waals surface area (Å²) in [5, 5.41) is 11.6. The largest absolute Gasteiger partial charge is 0.384 e. The average Bonchev–Trinajstić information content (AvgIpc) is 2.49. The monoisotopic (exact) mass is 327 g/mol. The number of hydrogen-bond acceptors (Lipinski definition) is 2. The molecule has 1 unspecified atom stereocenters. The zero-order chi connectivity index (χ0) is 14.1. The number of rotatable bonds is 2. The molecular weight excluding hydrogens is 314 g/mol. The lowest BCUT2D eigenvalue weighted by atomic mass is 9.99. The molecule has 100 valence electrons. The zero-order valence-corrected chi connectivity index (χ0v) is 12.6. The Labute approximate surface area is 126 Å². The lowest BCUT2D eigenvalue weighted by Crippen LogP contribution is -2.00. The molecule has 0 amide bonds. The highest BCUT2D eigenvalue weighted by atomic mass is 79.9. The Balaban J connectivity index is 2.02. The van der Waals surface area contributed by atoms with E-state index in [1.165, 1.54) is 0 Å². The minimum atomic E-state index is -0.619. The number of pyridine rings is 1. The van der Waals surface area contributed by atoms with Crippen LogP contribution in [-0.2, 0) is 0 Å². The number of aryl methyl sites for hydroxylation is 1. The minimum Gasteiger partial charge on any atom is -0.384 e. The standard InChI is InChI=1S/C17H14BrNO/c1-11-9-13(4-6-15(11)18)17(20)14-5-7-16-12(10-14)3-2-8-19-16/h2-10,17,20H,1H3. The number of aromatic nitrogens is 1. The van der Waals surface area contributed by atoms with E-state index in [1.807, 2.05) is 55.5 Å². The highest BCUT2D eigenvalue weighted by Gasteiger charge is 2.12. The molecule has 2 nitrogen and oxygen atoms in total. The molecule has 0 aliphatic heterocycles. The molecule has 1 N–H and O–H groups in total. The molecule has 0 saturated heterocycles. The molecular formula is C17H14BrNO. The third kappa shape index (κ3) is 2.47. The van der Waals surface area contributed by atoms with Crippen LogP contribution in [0.5, 0.6) is 0 Å². The molecule has 0 spiro atoms. The Bertz CT molecular complexity index is 770. The van der Waals surface area contributed by atoms with Crippen LogP contribution in [0.1, 0.15) is 22.8 Å². The molecule has 3 aromatic rings. The highest BCUT2D eigenvalue weighted by molar-refractivity contribution is 9.10. The van der Waals surface area contributed by atoms with Crippen LogP contribution in [0.3, 0.4) is 0 Å². The smallest absolute Gasteiger partial charge is 0.104 e. The molecule has 0 aliphatic carbocycles. The van der Waals surface area contributed by atoms with Crippen molar-refractivity contribution < 1.29 is 5.11 Å². The van der Waals surface area contributed by atoms with E-state index in [-0.39, 0.29) is 0 Å². The number of halogens is 1. The van der Waals surface area contributed by atoms with E-state index >= 15 is 0 Å². The first-order valence-electron chi connectivity index (χ1n) is 6.44. The van der Waals surface area contributed by atoms with Crippen LogP contribution in [-0.4, -0.2) is 10.1 Å². The van der Waals surface area contributed by atoms with E-state index in [1.54, 1.807) is 6.20 Å². The van der Waals surface area contributed by atoms with Gasteiger partial charge in [0, 0.05) is 16.1 Å². The SMILES string of the molecule is Cc1cc(C(O)c2ccc3ncccc3c2)ccc1Br. The van der Waals surface area contributed by atoms with Gasteiger partial charge in [0.2, 0.25) is 0 Å². The van der Waals surface area contributed by atoms with Crippen molar-refractivity contribution in [1.82, 2.24) is 4.98 Å². The Kier molecular flexibility index (Phi) is 3.55. The normalized spacial score (nSPS) is 12.6. The average molecular weight is 328 g/mol. The van der Waals surface area contributed by atoms with Crippen molar-refractivity contribution in [1.29, 1.82) is 0 Å². The summed E-state index contributed by atoms with van der Waals surface area (Å²) in [6.45, 7) is 2.02. The highest BCUT2D eigenvalue weighted by Crippen LogP contribution is 2.27. The van der Waals surface area contributed by atoms with E-state index in [0.29, 0.717) is 0 Å². The predicted octanol–water partition coefficient (Wildman–Crippen LogP) is 4.39. The lowest BCUT2D eigenvalue weighted by molar-refractivity contribution is 0.220. The van der Waals surface area contributed by atoms with Gasteiger partial charge >= 0.3 is 0 Å². The molecule has 3 heteroatoms.